The first kappa shape index (κ1) is 12.3. The fourth-order valence-electron chi connectivity index (χ4n) is 2.96. The van der Waals surface area contributed by atoms with Gasteiger partial charge in [-0.1, -0.05) is 26.7 Å². The molecule has 0 bridgehead atoms. The lowest BCUT2D eigenvalue weighted by atomic mass is 10.2. The highest BCUT2D eigenvalue weighted by atomic mass is 16.1. The van der Waals surface area contributed by atoms with E-state index in [2.05, 4.69) is 18.5 Å². The minimum atomic E-state index is 0.0298. The minimum Gasteiger partial charge on any atom is -0.393 e. The summed E-state index contributed by atoms with van der Waals surface area (Å²) in [5.41, 5.74) is 7.47. The zero-order valence-electron chi connectivity index (χ0n) is 10.9. The first-order valence-electron chi connectivity index (χ1n) is 6.80. The van der Waals surface area contributed by atoms with Gasteiger partial charge in [0.2, 0.25) is 0 Å². The summed E-state index contributed by atoms with van der Waals surface area (Å²) in [5.74, 6) is 0. The summed E-state index contributed by atoms with van der Waals surface area (Å²) in [5, 5.41) is 0. The molecule has 4 heteroatoms. The topological polar surface area (TPSA) is 52.9 Å². The van der Waals surface area contributed by atoms with E-state index in [9.17, 15) is 4.79 Å². The summed E-state index contributed by atoms with van der Waals surface area (Å²) in [7, 11) is 0. The molecule has 0 atom stereocenters. The maximum Gasteiger partial charge on any atom is 0.290 e. The molecule has 1 aliphatic carbocycles. The molecule has 0 aliphatic heterocycles. The van der Waals surface area contributed by atoms with Crippen molar-refractivity contribution in [1.82, 2.24) is 9.36 Å². The molecule has 0 amide bonds. The van der Waals surface area contributed by atoms with E-state index in [1.807, 2.05) is 4.68 Å². The highest BCUT2D eigenvalue weighted by Gasteiger charge is 2.24. The molecule has 17 heavy (non-hydrogen) atoms. The van der Waals surface area contributed by atoms with Gasteiger partial charge in [-0.25, -0.2) is 4.68 Å². The van der Waals surface area contributed by atoms with E-state index in [0.717, 1.165) is 37.9 Å². The first-order chi connectivity index (χ1) is 8.20. The third-order valence-electron chi connectivity index (χ3n) is 3.76. The molecule has 1 aliphatic rings. The molecule has 0 aromatic carbocycles. The Morgan fingerprint density at radius 3 is 2.47 bits per heavy atom. The maximum absolute atomic E-state index is 12.2. The van der Waals surface area contributed by atoms with Crippen molar-refractivity contribution >= 4 is 5.69 Å². The van der Waals surface area contributed by atoms with Crippen molar-refractivity contribution in [3.8, 4) is 0 Å². The second kappa shape index (κ2) is 4.98. The van der Waals surface area contributed by atoms with E-state index >= 15 is 0 Å². The lowest BCUT2D eigenvalue weighted by Crippen LogP contribution is -2.27. The SMILES string of the molecule is CCCn1c(CC)c(N)c(=O)n1C1CCCC1. The molecule has 1 fully saturated rings. The third kappa shape index (κ3) is 2.01. The second-order valence-corrected chi connectivity index (χ2v) is 4.93. The number of nitrogens with zero attached hydrogens (tertiary/aromatic N) is 2. The van der Waals surface area contributed by atoms with Crippen LogP contribution >= 0.6 is 0 Å². The summed E-state index contributed by atoms with van der Waals surface area (Å²) in [6.45, 7) is 5.10. The van der Waals surface area contributed by atoms with Gasteiger partial charge in [0.15, 0.2) is 0 Å². The van der Waals surface area contributed by atoms with Crippen LogP contribution in [0.4, 0.5) is 5.69 Å². The Kier molecular flexibility index (Phi) is 3.60. The highest BCUT2D eigenvalue weighted by molar-refractivity contribution is 5.41. The van der Waals surface area contributed by atoms with Gasteiger partial charge in [-0.2, -0.15) is 0 Å². The molecule has 0 spiro atoms. The third-order valence-corrected chi connectivity index (χ3v) is 3.76. The summed E-state index contributed by atoms with van der Waals surface area (Å²) in [6.07, 6.45) is 6.58. The molecule has 1 saturated carbocycles. The Morgan fingerprint density at radius 1 is 1.29 bits per heavy atom. The van der Waals surface area contributed by atoms with Gasteiger partial charge in [0.05, 0.1) is 11.7 Å². The van der Waals surface area contributed by atoms with Crippen LogP contribution in [-0.4, -0.2) is 9.36 Å². The van der Waals surface area contributed by atoms with Gasteiger partial charge in [-0.05, 0) is 25.7 Å². The number of nitrogen functional groups attached to an aromatic ring is 1. The van der Waals surface area contributed by atoms with Crippen LogP contribution in [0.2, 0.25) is 0 Å². The summed E-state index contributed by atoms with van der Waals surface area (Å²) < 4.78 is 4.07. The van der Waals surface area contributed by atoms with Crippen molar-refractivity contribution in [3.05, 3.63) is 16.0 Å². The predicted molar refractivity (Wildman–Crippen MR) is 70.3 cm³/mol. The second-order valence-electron chi connectivity index (χ2n) is 4.93. The van der Waals surface area contributed by atoms with Gasteiger partial charge in [0.25, 0.3) is 5.56 Å². The lowest BCUT2D eigenvalue weighted by Gasteiger charge is -2.18. The molecule has 0 radical (unpaired) electrons. The van der Waals surface area contributed by atoms with Crippen LogP contribution < -0.4 is 11.3 Å². The van der Waals surface area contributed by atoms with Gasteiger partial charge in [0.1, 0.15) is 5.69 Å². The molecule has 4 nitrogen and oxygen atoms in total. The Labute approximate surface area is 102 Å². The van der Waals surface area contributed by atoms with Crippen molar-refractivity contribution in [2.24, 2.45) is 0 Å². The molecule has 96 valence electrons. The lowest BCUT2D eigenvalue weighted by molar-refractivity contribution is 0.355. The Morgan fingerprint density at radius 2 is 1.94 bits per heavy atom. The van der Waals surface area contributed by atoms with E-state index in [0.29, 0.717) is 11.7 Å². The predicted octanol–water partition coefficient (Wildman–Crippen LogP) is 2.32. The number of aromatic nitrogens is 2. The molecule has 1 aromatic rings. The quantitative estimate of drug-likeness (QED) is 0.873. The van der Waals surface area contributed by atoms with Gasteiger partial charge in [-0.3, -0.25) is 9.48 Å². The normalized spacial score (nSPS) is 16.8. The number of anilines is 1. The first-order valence-corrected chi connectivity index (χ1v) is 6.80. The van der Waals surface area contributed by atoms with Crippen LogP contribution in [0.3, 0.4) is 0 Å². The molecule has 1 aromatic heterocycles. The van der Waals surface area contributed by atoms with Crippen LogP contribution in [0, 0.1) is 0 Å². The zero-order chi connectivity index (χ0) is 12.4. The average molecular weight is 237 g/mol. The zero-order valence-corrected chi connectivity index (χ0v) is 10.9. The Balaban J connectivity index is 2.51. The number of rotatable bonds is 4. The van der Waals surface area contributed by atoms with Crippen LogP contribution in [-0.2, 0) is 13.0 Å². The van der Waals surface area contributed by atoms with Crippen LogP contribution in [0.25, 0.3) is 0 Å². The van der Waals surface area contributed by atoms with E-state index in [1.54, 1.807) is 0 Å². The summed E-state index contributed by atoms with van der Waals surface area (Å²) in [4.78, 5) is 12.2. The van der Waals surface area contributed by atoms with Gasteiger partial charge < -0.3 is 5.73 Å². The fraction of sp³-hybridized carbons (Fsp3) is 0.769. The van der Waals surface area contributed by atoms with Crippen LogP contribution in [0.1, 0.15) is 57.7 Å². The van der Waals surface area contributed by atoms with Gasteiger partial charge in [0, 0.05) is 6.54 Å². The van der Waals surface area contributed by atoms with Crippen molar-refractivity contribution in [2.75, 3.05) is 5.73 Å². The molecule has 1 heterocycles. The standard InChI is InChI=1S/C13H23N3O/c1-3-9-15-11(4-2)12(14)13(17)16(15)10-7-5-6-8-10/h10H,3-9,14H2,1-2H3. The molecular formula is C13H23N3O. The largest absolute Gasteiger partial charge is 0.393 e. The van der Waals surface area contributed by atoms with Crippen molar-refractivity contribution in [3.63, 3.8) is 0 Å². The van der Waals surface area contributed by atoms with Crippen LogP contribution in [0.5, 0.6) is 0 Å². The van der Waals surface area contributed by atoms with Gasteiger partial charge >= 0.3 is 0 Å². The Bertz CT molecular complexity index is 438. The monoisotopic (exact) mass is 237 g/mol. The number of hydrogen-bond donors (Lipinski definition) is 1. The van der Waals surface area contributed by atoms with E-state index in [1.165, 1.54) is 12.8 Å². The molecular weight excluding hydrogens is 214 g/mol. The smallest absolute Gasteiger partial charge is 0.290 e. The fourth-order valence-corrected chi connectivity index (χ4v) is 2.96. The average Bonchev–Trinajstić information content (AvgIpc) is 2.89. The molecule has 0 saturated heterocycles. The summed E-state index contributed by atoms with van der Waals surface area (Å²) >= 11 is 0. The summed E-state index contributed by atoms with van der Waals surface area (Å²) in [6, 6.07) is 0.372. The number of hydrogen-bond acceptors (Lipinski definition) is 2. The Hall–Kier alpha value is -1.19. The van der Waals surface area contributed by atoms with Crippen molar-refractivity contribution in [1.29, 1.82) is 0 Å². The van der Waals surface area contributed by atoms with Crippen molar-refractivity contribution < 1.29 is 0 Å². The van der Waals surface area contributed by atoms with Crippen LogP contribution in [0.15, 0.2) is 4.79 Å². The maximum atomic E-state index is 12.2. The van der Waals surface area contributed by atoms with E-state index in [-0.39, 0.29) is 5.56 Å². The van der Waals surface area contributed by atoms with E-state index in [4.69, 9.17) is 5.73 Å². The molecule has 2 rings (SSSR count). The highest BCUT2D eigenvalue weighted by Crippen LogP contribution is 2.29. The molecule has 0 unspecified atom stereocenters. The van der Waals surface area contributed by atoms with Gasteiger partial charge in [-0.15, -0.1) is 0 Å². The van der Waals surface area contributed by atoms with E-state index < -0.39 is 0 Å². The number of nitrogens with two attached hydrogens (primary N) is 1. The minimum absolute atomic E-state index is 0.0298. The van der Waals surface area contributed by atoms with Crippen molar-refractivity contribution in [2.45, 2.75) is 65.0 Å². The molecule has 2 N–H and O–H groups in total.